The van der Waals surface area contributed by atoms with E-state index in [1.807, 2.05) is 0 Å². The molecule has 0 atom stereocenters. The minimum absolute atomic E-state index is 0.0112. The number of rotatable bonds is 1. The zero-order chi connectivity index (χ0) is 13.4. The molecule has 0 heterocycles. The van der Waals surface area contributed by atoms with Crippen LogP contribution >= 0.6 is 0 Å². The van der Waals surface area contributed by atoms with Gasteiger partial charge in [-0.1, -0.05) is 59.2 Å². The summed E-state index contributed by atoms with van der Waals surface area (Å²) in [5.74, 6) is 0.484. The number of benzene rings is 1. The van der Waals surface area contributed by atoms with E-state index in [1.54, 1.807) is 0 Å². The van der Waals surface area contributed by atoms with Gasteiger partial charge in [0.1, 0.15) is 5.75 Å². The van der Waals surface area contributed by atoms with Crippen molar-refractivity contribution in [3.05, 3.63) is 28.8 Å². The molecule has 1 nitrogen and oxygen atoms in total. The molecule has 0 aliphatic rings. The SMILES string of the molecule is Cc1cc(CC(C)(C)C)c(O)c(C(C)(C)C)c1. The van der Waals surface area contributed by atoms with Crippen LogP contribution in [0.25, 0.3) is 0 Å². The van der Waals surface area contributed by atoms with Gasteiger partial charge in [0.25, 0.3) is 0 Å². The number of hydrogen-bond acceptors (Lipinski definition) is 1. The third-order valence-electron chi connectivity index (χ3n) is 2.86. The van der Waals surface area contributed by atoms with Gasteiger partial charge >= 0.3 is 0 Å². The molecule has 96 valence electrons. The van der Waals surface area contributed by atoms with E-state index < -0.39 is 0 Å². The van der Waals surface area contributed by atoms with Crippen LogP contribution in [0.5, 0.6) is 5.75 Å². The van der Waals surface area contributed by atoms with E-state index in [2.05, 4.69) is 60.6 Å². The van der Waals surface area contributed by atoms with Crippen molar-refractivity contribution in [1.82, 2.24) is 0 Å². The van der Waals surface area contributed by atoms with Crippen molar-refractivity contribution in [3.63, 3.8) is 0 Å². The Kier molecular flexibility index (Phi) is 3.61. The smallest absolute Gasteiger partial charge is 0.122 e. The summed E-state index contributed by atoms with van der Waals surface area (Å²) in [6.07, 6.45) is 0.906. The lowest BCUT2D eigenvalue weighted by atomic mass is 9.81. The van der Waals surface area contributed by atoms with Gasteiger partial charge < -0.3 is 5.11 Å². The lowest BCUT2D eigenvalue weighted by Crippen LogP contribution is -2.15. The van der Waals surface area contributed by atoms with Crippen molar-refractivity contribution in [2.24, 2.45) is 5.41 Å². The molecule has 0 aromatic heterocycles. The van der Waals surface area contributed by atoms with E-state index in [9.17, 15) is 5.11 Å². The molecule has 0 saturated carbocycles. The highest BCUT2D eigenvalue weighted by atomic mass is 16.3. The van der Waals surface area contributed by atoms with E-state index in [0.29, 0.717) is 5.75 Å². The summed E-state index contributed by atoms with van der Waals surface area (Å²) in [5, 5.41) is 10.4. The van der Waals surface area contributed by atoms with Crippen LogP contribution in [0.4, 0.5) is 0 Å². The number of phenolic OH excluding ortho intramolecular Hbond substituents is 1. The zero-order valence-corrected chi connectivity index (χ0v) is 12.3. The second-order valence-corrected chi connectivity index (χ2v) is 7.31. The van der Waals surface area contributed by atoms with Gasteiger partial charge in [-0.25, -0.2) is 0 Å². The number of aryl methyl sites for hydroxylation is 1. The lowest BCUT2D eigenvalue weighted by molar-refractivity contribution is 0.388. The molecular formula is C16H26O. The Hall–Kier alpha value is -0.980. The van der Waals surface area contributed by atoms with E-state index in [-0.39, 0.29) is 10.8 Å². The first-order valence-electron chi connectivity index (χ1n) is 6.34. The second-order valence-electron chi connectivity index (χ2n) is 7.31. The third-order valence-corrected chi connectivity index (χ3v) is 2.86. The maximum absolute atomic E-state index is 10.4. The summed E-state index contributed by atoms with van der Waals surface area (Å²) in [7, 11) is 0. The standard InChI is InChI=1S/C16H26O/c1-11-8-12(10-15(2,3)4)14(17)13(9-11)16(5,6)7/h8-9,17H,10H2,1-7H3. The van der Waals surface area contributed by atoms with Crippen LogP contribution in [0.1, 0.15) is 58.2 Å². The molecule has 0 unspecified atom stereocenters. The molecule has 1 rings (SSSR count). The first-order valence-corrected chi connectivity index (χ1v) is 6.34. The van der Waals surface area contributed by atoms with Gasteiger partial charge in [-0.05, 0) is 35.3 Å². The molecule has 0 saturated heterocycles. The highest BCUT2D eigenvalue weighted by Gasteiger charge is 2.22. The topological polar surface area (TPSA) is 20.2 Å². The van der Waals surface area contributed by atoms with Crippen molar-refractivity contribution in [2.45, 2.75) is 60.3 Å². The Morgan fingerprint density at radius 1 is 1.00 bits per heavy atom. The maximum atomic E-state index is 10.4. The average molecular weight is 234 g/mol. The van der Waals surface area contributed by atoms with E-state index >= 15 is 0 Å². The van der Waals surface area contributed by atoms with E-state index in [0.717, 1.165) is 17.5 Å². The van der Waals surface area contributed by atoms with Crippen LogP contribution in [0.3, 0.4) is 0 Å². The predicted molar refractivity (Wildman–Crippen MR) is 74.7 cm³/mol. The fraction of sp³-hybridized carbons (Fsp3) is 0.625. The van der Waals surface area contributed by atoms with E-state index in [4.69, 9.17) is 0 Å². The molecule has 0 fully saturated rings. The van der Waals surface area contributed by atoms with Gasteiger partial charge in [0.15, 0.2) is 0 Å². The summed E-state index contributed by atoms with van der Waals surface area (Å²) < 4.78 is 0. The molecule has 17 heavy (non-hydrogen) atoms. The predicted octanol–water partition coefficient (Wildman–Crippen LogP) is 4.59. The van der Waals surface area contributed by atoms with Crippen LogP contribution in [-0.2, 0) is 11.8 Å². The monoisotopic (exact) mass is 234 g/mol. The van der Waals surface area contributed by atoms with Gasteiger partial charge in [-0.15, -0.1) is 0 Å². The maximum Gasteiger partial charge on any atom is 0.122 e. The Morgan fingerprint density at radius 2 is 1.53 bits per heavy atom. The largest absolute Gasteiger partial charge is 0.507 e. The van der Waals surface area contributed by atoms with Crippen LogP contribution in [0.2, 0.25) is 0 Å². The molecule has 0 radical (unpaired) electrons. The Morgan fingerprint density at radius 3 is 1.94 bits per heavy atom. The summed E-state index contributed by atoms with van der Waals surface area (Å²) in [6.45, 7) is 15.1. The van der Waals surface area contributed by atoms with Crippen LogP contribution in [0, 0.1) is 12.3 Å². The van der Waals surface area contributed by atoms with Crippen molar-refractivity contribution in [1.29, 1.82) is 0 Å². The Labute approximate surface area is 106 Å². The van der Waals surface area contributed by atoms with Gasteiger partial charge in [-0.3, -0.25) is 0 Å². The van der Waals surface area contributed by atoms with Crippen molar-refractivity contribution in [2.75, 3.05) is 0 Å². The van der Waals surface area contributed by atoms with Gasteiger partial charge in [0.05, 0.1) is 0 Å². The third kappa shape index (κ3) is 3.76. The Bertz CT molecular complexity index is 403. The second kappa shape index (κ2) is 4.36. The quantitative estimate of drug-likeness (QED) is 0.753. The molecule has 0 aliphatic carbocycles. The van der Waals surface area contributed by atoms with Gasteiger partial charge in [0, 0.05) is 0 Å². The highest BCUT2D eigenvalue weighted by Crippen LogP contribution is 2.36. The zero-order valence-electron chi connectivity index (χ0n) is 12.3. The van der Waals surface area contributed by atoms with E-state index in [1.165, 1.54) is 5.56 Å². The number of aromatic hydroxyl groups is 1. The molecule has 0 aliphatic heterocycles. The molecule has 0 bridgehead atoms. The van der Waals surface area contributed by atoms with Gasteiger partial charge in [0.2, 0.25) is 0 Å². The molecule has 1 heteroatoms. The number of phenols is 1. The normalized spacial score (nSPS) is 12.9. The Balaban J connectivity index is 3.29. The molecule has 1 aromatic rings. The molecular weight excluding hydrogens is 208 g/mol. The van der Waals surface area contributed by atoms with Crippen molar-refractivity contribution < 1.29 is 5.11 Å². The first-order chi connectivity index (χ1) is 7.50. The molecule has 0 amide bonds. The summed E-state index contributed by atoms with van der Waals surface area (Å²) in [6, 6.07) is 4.21. The van der Waals surface area contributed by atoms with Crippen LogP contribution in [-0.4, -0.2) is 5.11 Å². The number of hydrogen-bond donors (Lipinski definition) is 1. The summed E-state index contributed by atoms with van der Waals surface area (Å²) in [5.41, 5.74) is 3.54. The van der Waals surface area contributed by atoms with Crippen molar-refractivity contribution in [3.8, 4) is 5.75 Å². The average Bonchev–Trinajstić information content (AvgIpc) is 2.06. The lowest BCUT2D eigenvalue weighted by Gasteiger charge is -2.25. The molecule has 1 aromatic carbocycles. The fourth-order valence-electron chi connectivity index (χ4n) is 2.13. The molecule has 1 N–H and O–H groups in total. The van der Waals surface area contributed by atoms with Crippen LogP contribution < -0.4 is 0 Å². The summed E-state index contributed by atoms with van der Waals surface area (Å²) >= 11 is 0. The van der Waals surface area contributed by atoms with Crippen molar-refractivity contribution >= 4 is 0 Å². The fourth-order valence-corrected chi connectivity index (χ4v) is 2.13. The van der Waals surface area contributed by atoms with Crippen LogP contribution in [0.15, 0.2) is 12.1 Å². The minimum atomic E-state index is -0.0112. The highest BCUT2D eigenvalue weighted by molar-refractivity contribution is 5.47. The summed E-state index contributed by atoms with van der Waals surface area (Å²) in [4.78, 5) is 0. The first kappa shape index (κ1) is 14.1. The molecule has 0 spiro atoms. The minimum Gasteiger partial charge on any atom is -0.507 e. The van der Waals surface area contributed by atoms with Gasteiger partial charge in [-0.2, -0.15) is 0 Å².